The molecule has 0 bridgehead atoms. The van der Waals surface area contributed by atoms with Gasteiger partial charge >= 0.3 is 0 Å². The van der Waals surface area contributed by atoms with Crippen molar-refractivity contribution in [3.63, 3.8) is 0 Å². The number of likely N-dealkylation sites (tertiary alicyclic amines) is 1. The van der Waals surface area contributed by atoms with Crippen LogP contribution in [0.2, 0.25) is 0 Å². The number of hydrogen-bond donors (Lipinski definition) is 1. The molecule has 0 aliphatic carbocycles. The fourth-order valence-electron chi connectivity index (χ4n) is 2.04. The molecule has 1 aliphatic heterocycles. The van der Waals surface area contributed by atoms with E-state index < -0.39 is 0 Å². The van der Waals surface area contributed by atoms with Crippen LogP contribution in [-0.4, -0.2) is 28.4 Å². The van der Waals surface area contributed by atoms with Crippen molar-refractivity contribution in [2.75, 3.05) is 6.54 Å². The second-order valence-corrected chi connectivity index (χ2v) is 3.97. The lowest BCUT2D eigenvalue weighted by molar-refractivity contribution is 0.275. The molecule has 0 saturated carbocycles. The van der Waals surface area contributed by atoms with Crippen molar-refractivity contribution in [1.82, 2.24) is 4.90 Å². The van der Waals surface area contributed by atoms with Gasteiger partial charge in [-0.15, -0.1) is 0 Å². The first-order valence-corrected chi connectivity index (χ1v) is 5.30. The molecule has 1 fully saturated rings. The van der Waals surface area contributed by atoms with Gasteiger partial charge in [0.2, 0.25) is 0 Å². The Bertz CT molecular complexity index is 348. The topological polar surface area (TPSA) is 35.8 Å². The Morgan fingerprint density at radius 3 is 2.73 bits per heavy atom. The van der Waals surface area contributed by atoms with Gasteiger partial charge in [-0.2, -0.15) is 0 Å². The molecule has 1 aromatic rings. The molecule has 0 amide bonds. The summed E-state index contributed by atoms with van der Waals surface area (Å²) in [5.41, 5.74) is 2.20. The molecule has 80 valence electrons. The van der Waals surface area contributed by atoms with Crippen molar-refractivity contribution >= 4 is 5.71 Å². The van der Waals surface area contributed by atoms with E-state index in [-0.39, 0.29) is 6.04 Å². The van der Waals surface area contributed by atoms with E-state index in [9.17, 15) is 0 Å². The van der Waals surface area contributed by atoms with E-state index in [1.807, 2.05) is 6.07 Å². The zero-order valence-electron chi connectivity index (χ0n) is 8.93. The lowest BCUT2D eigenvalue weighted by atomic mass is 10.2. The van der Waals surface area contributed by atoms with Crippen molar-refractivity contribution in [2.24, 2.45) is 5.16 Å². The summed E-state index contributed by atoms with van der Waals surface area (Å²) in [4.78, 5) is 2.32. The summed E-state index contributed by atoms with van der Waals surface area (Å²) in [6.45, 7) is 4.00. The molecule has 3 nitrogen and oxygen atoms in total. The Hall–Kier alpha value is -1.35. The molecule has 0 aromatic heterocycles. The van der Waals surface area contributed by atoms with Gasteiger partial charge in [-0.1, -0.05) is 35.5 Å². The Kier molecular flexibility index (Phi) is 3.02. The van der Waals surface area contributed by atoms with Crippen molar-refractivity contribution in [3.8, 4) is 0 Å². The number of hydrogen-bond acceptors (Lipinski definition) is 3. The van der Waals surface area contributed by atoms with E-state index in [4.69, 9.17) is 5.21 Å². The van der Waals surface area contributed by atoms with Crippen LogP contribution in [0.25, 0.3) is 0 Å². The zero-order chi connectivity index (χ0) is 10.7. The number of nitrogens with zero attached hydrogens (tertiary/aromatic N) is 2. The molecule has 15 heavy (non-hydrogen) atoms. The predicted octanol–water partition coefficient (Wildman–Crippen LogP) is 2.11. The highest BCUT2D eigenvalue weighted by Gasteiger charge is 2.26. The number of benzene rings is 1. The SMILES string of the molecule is CC1C(=NO)CCN1Cc1ccccc1. The van der Waals surface area contributed by atoms with E-state index in [2.05, 4.69) is 41.2 Å². The molecule has 1 unspecified atom stereocenters. The standard InChI is InChI=1S/C12H16N2O/c1-10-12(13-15)7-8-14(10)9-11-5-3-2-4-6-11/h2-6,10,15H,7-9H2,1H3. The van der Waals surface area contributed by atoms with Crippen LogP contribution < -0.4 is 0 Å². The fraction of sp³-hybridized carbons (Fsp3) is 0.417. The first-order valence-electron chi connectivity index (χ1n) is 5.30. The molecule has 0 spiro atoms. The number of rotatable bonds is 2. The minimum Gasteiger partial charge on any atom is -0.411 e. The Balaban J connectivity index is 2.03. The maximum atomic E-state index is 8.78. The molecule has 2 rings (SSSR count). The van der Waals surface area contributed by atoms with Crippen LogP contribution in [0.5, 0.6) is 0 Å². The van der Waals surface area contributed by atoms with E-state index >= 15 is 0 Å². The zero-order valence-corrected chi connectivity index (χ0v) is 8.93. The molecule has 1 saturated heterocycles. The second kappa shape index (κ2) is 4.45. The molecule has 1 heterocycles. The monoisotopic (exact) mass is 204 g/mol. The average Bonchev–Trinajstić information content (AvgIpc) is 2.62. The van der Waals surface area contributed by atoms with Crippen LogP contribution in [-0.2, 0) is 6.54 Å². The molecule has 1 N–H and O–H groups in total. The maximum absolute atomic E-state index is 8.78. The predicted molar refractivity (Wildman–Crippen MR) is 60.2 cm³/mol. The molecular formula is C12H16N2O. The van der Waals surface area contributed by atoms with Gasteiger partial charge in [-0.05, 0) is 12.5 Å². The normalized spacial score (nSPS) is 24.9. The third kappa shape index (κ3) is 2.18. The molecule has 3 heteroatoms. The van der Waals surface area contributed by atoms with E-state index in [0.29, 0.717) is 0 Å². The largest absolute Gasteiger partial charge is 0.411 e. The summed E-state index contributed by atoms with van der Waals surface area (Å²) in [6, 6.07) is 10.6. The van der Waals surface area contributed by atoms with Gasteiger partial charge in [0, 0.05) is 25.6 Å². The maximum Gasteiger partial charge on any atom is 0.0752 e. The van der Waals surface area contributed by atoms with Gasteiger partial charge in [-0.25, -0.2) is 0 Å². The quantitative estimate of drug-likeness (QED) is 0.591. The highest BCUT2D eigenvalue weighted by atomic mass is 16.4. The van der Waals surface area contributed by atoms with Gasteiger partial charge < -0.3 is 5.21 Å². The summed E-state index contributed by atoms with van der Waals surface area (Å²) < 4.78 is 0. The van der Waals surface area contributed by atoms with E-state index in [1.54, 1.807) is 0 Å². The second-order valence-electron chi connectivity index (χ2n) is 3.97. The fourth-order valence-corrected chi connectivity index (χ4v) is 2.04. The van der Waals surface area contributed by atoms with E-state index in [1.165, 1.54) is 5.56 Å². The smallest absolute Gasteiger partial charge is 0.0752 e. The molecule has 1 aromatic carbocycles. The Labute approximate surface area is 90.0 Å². The van der Waals surface area contributed by atoms with Gasteiger partial charge in [0.15, 0.2) is 0 Å². The van der Waals surface area contributed by atoms with Crippen molar-refractivity contribution < 1.29 is 5.21 Å². The third-order valence-electron chi connectivity index (χ3n) is 3.04. The van der Waals surface area contributed by atoms with Crippen LogP contribution in [0.3, 0.4) is 0 Å². The van der Waals surface area contributed by atoms with E-state index in [0.717, 1.165) is 25.2 Å². The highest BCUT2D eigenvalue weighted by molar-refractivity contribution is 5.90. The Morgan fingerprint density at radius 2 is 2.13 bits per heavy atom. The molecule has 0 radical (unpaired) electrons. The minimum atomic E-state index is 0.259. The Morgan fingerprint density at radius 1 is 1.40 bits per heavy atom. The lowest BCUT2D eigenvalue weighted by Crippen LogP contribution is -2.29. The van der Waals surface area contributed by atoms with Crippen LogP contribution in [0, 0.1) is 0 Å². The summed E-state index contributed by atoms with van der Waals surface area (Å²) >= 11 is 0. The van der Waals surface area contributed by atoms with Crippen molar-refractivity contribution in [2.45, 2.75) is 25.9 Å². The lowest BCUT2D eigenvalue weighted by Gasteiger charge is -2.20. The molecule has 1 aliphatic rings. The average molecular weight is 204 g/mol. The van der Waals surface area contributed by atoms with Gasteiger partial charge in [0.25, 0.3) is 0 Å². The first kappa shape index (κ1) is 10.2. The van der Waals surface area contributed by atoms with Gasteiger partial charge in [0.05, 0.1) is 5.71 Å². The minimum absolute atomic E-state index is 0.259. The van der Waals surface area contributed by atoms with Crippen LogP contribution >= 0.6 is 0 Å². The summed E-state index contributed by atoms with van der Waals surface area (Å²) in [5.74, 6) is 0. The summed E-state index contributed by atoms with van der Waals surface area (Å²) in [6.07, 6.45) is 0.879. The summed E-state index contributed by atoms with van der Waals surface area (Å²) in [7, 11) is 0. The molecular weight excluding hydrogens is 188 g/mol. The first-order chi connectivity index (χ1) is 7.31. The van der Waals surface area contributed by atoms with Crippen molar-refractivity contribution in [1.29, 1.82) is 0 Å². The van der Waals surface area contributed by atoms with Crippen molar-refractivity contribution in [3.05, 3.63) is 35.9 Å². The van der Waals surface area contributed by atoms with Gasteiger partial charge in [0.1, 0.15) is 0 Å². The summed E-state index contributed by atoms with van der Waals surface area (Å²) in [5, 5.41) is 12.1. The van der Waals surface area contributed by atoms with Crippen LogP contribution in [0.4, 0.5) is 0 Å². The van der Waals surface area contributed by atoms with Crippen LogP contribution in [0.1, 0.15) is 18.9 Å². The van der Waals surface area contributed by atoms with Crippen LogP contribution in [0.15, 0.2) is 35.5 Å². The molecule has 1 atom stereocenters. The number of oxime groups is 1. The van der Waals surface area contributed by atoms with Gasteiger partial charge in [-0.3, -0.25) is 4.90 Å². The third-order valence-corrected chi connectivity index (χ3v) is 3.04. The highest BCUT2D eigenvalue weighted by Crippen LogP contribution is 2.17.